The fourth-order valence-electron chi connectivity index (χ4n) is 2.69. The third kappa shape index (κ3) is 2.77. The molecule has 0 spiro atoms. The van der Waals surface area contributed by atoms with Gasteiger partial charge in [-0.15, -0.1) is 11.3 Å². The summed E-state index contributed by atoms with van der Waals surface area (Å²) < 4.78 is 5.95. The quantitative estimate of drug-likeness (QED) is 0.746. The summed E-state index contributed by atoms with van der Waals surface area (Å²) in [7, 11) is 1.70. The molecule has 25 heavy (non-hydrogen) atoms. The maximum absolute atomic E-state index is 12.6. The number of amides is 2. The van der Waals surface area contributed by atoms with Gasteiger partial charge in [-0.25, -0.2) is 0 Å². The van der Waals surface area contributed by atoms with E-state index < -0.39 is 0 Å². The van der Waals surface area contributed by atoms with Crippen molar-refractivity contribution in [1.29, 1.82) is 0 Å². The first-order chi connectivity index (χ1) is 12.1. The molecule has 1 aromatic heterocycles. The lowest BCUT2D eigenvalue weighted by atomic mass is 10.2. The van der Waals surface area contributed by atoms with Crippen LogP contribution in [0.1, 0.15) is 20.0 Å². The molecule has 1 aliphatic heterocycles. The molecule has 124 valence electrons. The van der Waals surface area contributed by atoms with Gasteiger partial charge in [0.15, 0.2) is 5.75 Å². The summed E-state index contributed by atoms with van der Waals surface area (Å²) in [5, 5.41) is 4.71. The summed E-state index contributed by atoms with van der Waals surface area (Å²) in [4.78, 5) is 27.0. The predicted molar refractivity (Wildman–Crippen MR) is 98.0 cm³/mol. The van der Waals surface area contributed by atoms with E-state index >= 15 is 0 Å². The number of anilines is 2. The monoisotopic (exact) mass is 350 g/mol. The lowest BCUT2D eigenvalue weighted by molar-refractivity contribution is 0.0991. The van der Waals surface area contributed by atoms with E-state index in [1.807, 2.05) is 17.5 Å². The maximum Gasteiger partial charge on any atom is 0.265 e. The van der Waals surface area contributed by atoms with Crippen LogP contribution in [0.25, 0.3) is 0 Å². The highest BCUT2D eigenvalue weighted by Gasteiger charge is 2.25. The second kappa shape index (κ2) is 6.07. The van der Waals surface area contributed by atoms with Crippen LogP contribution >= 0.6 is 11.3 Å². The lowest BCUT2D eigenvalue weighted by Crippen LogP contribution is -2.25. The van der Waals surface area contributed by atoms with Crippen LogP contribution in [0.5, 0.6) is 11.5 Å². The number of ether oxygens (including phenoxy) is 1. The molecular formula is C19H14N2O3S. The third-order valence-corrected chi connectivity index (χ3v) is 4.83. The van der Waals surface area contributed by atoms with Gasteiger partial charge in [0.25, 0.3) is 11.8 Å². The van der Waals surface area contributed by atoms with Gasteiger partial charge in [-0.2, -0.15) is 0 Å². The fourth-order valence-corrected chi connectivity index (χ4v) is 3.31. The molecule has 0 bridgehead atoms. The lowest BCUT2D eigenvalue weighted by Gasteiger charge is -2.17. The van der Waals surface area contributed by atoms with Crippen LogP contribution in [0.15, 0.2) is 60.0 Å². The first kappa shape index (κ1) is 15.4. The Labute approximate surface area is 148 Å². The summed E-state index contributed by atoms with van der Waals surface area (Å²) >= 11 is 1.38. The van der Waals surface area contributed by atoms with E-state index in [-0.39, 0.29) is 11.8 Å². The Hall–Kier alpha value is -3.12. The second-order valence-electron chi connectivity index (χ2n) is 5.58. The number of nitrogens with zero attached hydrogens (tertiary/aromatic N) is 1. The molecule has 0 radical (unpaired) electrons. The Morgan fingerprint density at radius 2 is 1.92 bits per heavy atom. The number of hydrogen-bond acceptors (Lipinski definition) is 4. The molecule has 5 nitrogen and oxygen atoms in total. The minimum Gasteiger partial charge on any atom is -0.454 e. The number of nitrogens with one attached hydrogen (secondary N) is 1. The van der Waals surface area contributed by atoms with E-state index in [0.29, 0.717) is 33.3 Å². The molecule has 2 heterocycles. The van der Waals surface area contributed by atoms with Gasteiger partial charge in [0.2, 0.25) is 0 Å². The maximum atomic E-state index is 12.6. The Balaban J connectivity index is 1.70. The first-order valence-corrected chi connectivity index (χ1v) is 8.55. The molecule has 0 saturated carbocycles. The minimum atomic E-state index is -0.173. The number of benzene rings is 2. The third-order valence-electron chi connectivity index (χ3n) is 3.97. The van der Waals surface area contributed by atoms with Crippen molar-refractivity contribution in [2.24, 2.45) is 0 Å². The molecule has 4 rings (SSSR count). The highest BCUT2D eigenvalue weighted by atomic mass is 32.1. The average Bonchev–Trinajstić information content (AvgIpc) is 3.13. The number of para-hydroxylation sites is 1. The molecule has 0 atom stereocenters. The van der Waals surface area contributed by atoms with Crippen LogP contribution in [-0.4, -0.2) is 18.9 Å². The van der Waals surface area contributed by atoms with Gasteiger partial charge in [-0.1, -0.05) is 18.2 Å². The second-order valence-corrected chi connectivity index (χ2v) is 6.52. The van der Waals surface area contributed by atoms with Crippen molar-refractivity contribution in [2.45, 2.75) is 0 Å². The molecule has 0 fully saturated rings. The van der Waals surface area contributed by atoms with E-state index in [1.165, 1.54) is 11.3 Å². The first-order valence-electron chi connectivity index (χ1n) is 7.67. The van der Waals surface area contributed by atoms with Gasteiger partial charge in [0.1, 0.15) is 5.75 Å². The van der Waals surface area contributed by atoms with E-state index in [1.54, 1.807) is 54.4 Å². The van der Waals surface area contributed by atoms with Crippen molar-refractivity contribution in [1.82, 2.24) is 0 Å². The zero-order valence-electron chi connectivity index (χ0n) is 13.4. The molecule has 6 heteroatoms. The Kier molecular flexibility index (Phi) is 3.74. The summed E-state index contributed by atoms with van der Waals surface area (Å²) in [6.45, 7) is 0. The van der Waals surface area contributed by atoms with Gasteiger partial charge in [0, 0.05) is 18.8 Å². The highest BCUT2D eigenvalue weighted by molar-refractivity contribution is 7.12. The van der Waals surface area contributed by atoms with E-state index in [4.69, 9.17) is 4.74 Å². The fraction of sp³-hybridized carbons (Fsp3) is 0.0526. The topological polar surface area (TPSA) is 58.6 Å². The van der Waals surface area contributed by atoms with E-state index in [2.05, 4.69) is 5.32 Å². The molecule has 2 aromatic carbocycles. The van der Waals surface area contributed by atoms with Crippen molar-refractivity contribution in [3.05, 3.63) is 70.4 Å². The predicted octanol–water partition coefficient (Wildman–Crippen LogP) is 4.38. The zero-order chi connectivity index (χ0) is 17.4. The van der Waals surface area contributed by atoms with Gasteiger partial charge in [-0.3, -0.25) is 9.59 Å². The van der Waals surface area contributed by atoms with Crippen LogP contribution in [0.2, 0.25) is 0 Å². The van der Waals surface area contributed by atoms with Gasteiger partial charge in [-0.05, 0) is 35.7 Å². The number of fused-ring (bicyclic) bond motifs is 2. The van der Waals surface area contributed by atoms with Crippen LogP contribution in [0, 0.1) is 0 Å². The van der Waals surface area contributed by atoms with Crippen LogP contribution < -0.4 is 15.0 Å². The van der Waals surface area contributed by atoms with Gasteiger partial charge < -0.3 is 15.0 Å². The number of carbonyl (C=O) groups excluding carboxylic acids is 2. The smallest absolute Gasteiger partial charge is 0.265 e. The molecule has 3 aromatic rings. The van der Waals surface area contributed by atoms with Crippen LogP contribution in [-0.2, 0) is 0 Å². The zero-order valence-corrected chi connectivity index (χ0v) is 14.2. The van der Waals surface area contributed by atoms with Crippen molar-refractivity contribution in [3.8, 4) is 11.5 Å². The van der Waals surface area contributed by atoms with Gasteiger partial charge >= 0.3 is 0 Å². The van der Waals surface area contributed by atoms with Crippen molar-refractivity contribution < 1.29 is 14.3 Å². The molecule has 0 aliphatic carbocycles. The average molecular weight is 350 g/mol. The summed E-state index contributed by atoms with van der Waals surface area (Å²) in [6.07, 6.45) is 0. The van der Waals surface area contributed by atoms with Crippen molar-refractivity contribution in [2.75, 3.05) is 17.3 Å². The molecule has 1 aliphatic rings. The molecule has 1 N–H and O–H groups in total. The minimum absolute atomic E-state index is 0.135. The van der Waals surface area contributed by atoms with Crippen molar-refractivity contribution >= 4 is 34.5 Å². The standard InChI is InChI=1S/C19H14N2O3S/c1-21-14-9-8-12(20-18(22)17-7-4-10-25-17)11-16(14)24-15-6-3-2-5-13(15)19(21)23/h2-11H,1H3,(H,20,22). The van der Waals surface area contributed by atoms with E-state index in [0.717, 1.165) is 0 Å². The van der Waals surface area contributed by atoms with Crippen LogP contribution in [0.4, 0.5) is 11.4 Å². The van der Waals surface area contributed by atoms with E-state index in [9.17, 15) is 9.59 Å². The Morgan fingerprint density at radius 3 is 2.72 bits per heavy atom. The Bertz CT molecular complexity index is 967. The van der Waals surface area contributed by atoms with Gasteiger partial charge in [0.05, 0.1) is 16.1 Å². The molecular weight excluding hydrogens is 336 g/mol. The number of hydrogen-bond donors (Lipinski definition) is 1. The number of carbonyl (C=O) groups is 2. The van der Waals surface area contributed by atoms with Crippen LogP contribution in [0.3, 0.4) is 0 Å². The number of thiophene rings is 1. The summed E-state index contributed by atoms with van der Waals surface area (Å²) in [5.74, 6) is 0.711. The SMILES string of the molecule is CN1C(=O)c2ccccc2Oc2cc(NC(=O)c3cccs3)ccc21. The Morgan fingerprint density at radius 1 is 1.08 bits per heavy atom. The normalized spacial score (nSPS) is 12.7. The molecule has 0 saturated heterocycles. The molecule has 2 amide bonds. The largest absolute Gasteiger partial charge is 0.454 e. The molecule has 0 unspecified atom stereocenters. The highest BCUT2D eigenvalue weighted by Crippen LogP contribution is 2.39. The number of rotatable bonds is 2. The summed E-state index contributed by atoms with van der Waals surface area (Å²) in [6, 6.07) is 16.0. The summed E-state index contributed by atoms with van der Waals surface area (Å²) in [5.41, 5.74) is 1.76. The van der Waals surface area contributed by atoms with Crippen molar-refractivity contribution in [3.63, 3.8) is 0 Å².